The number of hydrogen-bond acceptors (Lipinski definition) is 7. The van der Waals surface area contributed by atoms with Gasteiger partial charge in [-0.05, 0) is 17.7 Å². The molecule has 0 aliphatic rings. The molecule has 3 N–H and O–H groups in total. The molecular weight excluding hydrogens is 332 g/mol. The lowest BCUT2D eigenvalue weighted by Gasteiger charge is -2.09. The van der Waals surface area contributed by atoms with Gasteiger partial charge in [0.05, 0.1) is 23.6 Å². The smallest absolute Gasteiger partial charge is 0.320 e. The second kappa shape index (κ2) is 6.06. The SMILES string of the molecule is COc1nc(NCc2ccc(S(N)(=O)=O)cc2)c2cnn(C)c2n1. The molecular formula is C14H16N6O3S. The third kappa shape index (κ3) is 3.14. The van der Waals surface area contributed by atoms with Crippen LogP contribution in [0.15, 0.2) is 35.4 Å². The summed E-state index contributed by atoms with van der Waals surface area (Å²) in [4.78, 5) is 8.62. The second-order valence-corrected chi connectivity index (χ2v) is 6.67. The van der Waals surface area contributed by atoms with Crippen LogP contribution in [0.1, 0.15) is 5.56 Å². The lowest BCUT2D eigenvalue weighted by atomic mass is 10.2. The Morgan fingerprint density at radius 3 is 2.58 bits per heavy atom. The number of anilines is 1. The Kier molecular flexibility index (Phi) is 4.08. The summed E-state index contributed by atoms with van der Waals surface area (Å²) in [5, 5.41) is 13.2. The molecule has 0 unspecified atom stereocenters. The van der Waals surface area contributed by atoms with E-state index in [-0.39, 0.29) is 10.9 Å². The molecule has 10 heteroatoms. The maximum Gasteiger partial charge on any atom is 0.320 e. The normalized spacial score (nSPS) is 11.6. The van der Waals surface area contributed by atoms with Crippen LogP contribution in [-0.4, -0.2) is 35.3 Å². The molecule has 0 bridgehead atoms. The second-order valence-electron chi connectivity index (χ2n) is 5.11. The standard InChI is InChI=1S/C14H16N6O3S/c1-20-13-11(8-17-20)12(18-14(19-13)23-2)16-7-9-3-5-10(6-4-9)24(15,21)22/h3-6,8H,7H2,1-2H3,(H2,15,21,22)(H,16,18,19). The number of aryl methyl sites for hydroxylation is 1. The summed E-state index contributed by atoms with van der Waals surface area (Å²) >= 11 is 0. The van der Waals surface area contributed by atoms with Crippen molar-refractivity contribution in [1.29, 1.82) is 0 Å². The van der Waals surface area contributed by atoms with E-state index in [1.165, 1.54) is 19.2 Å². The fraction of sp³-hybridized carbons (Fsp3) is 0.214. The number of sulfonamides is 1. The summed E-state index contributed by atoms with van der Waals surface area (Å²) in [6.07, 6.45) is 1.67. The maximum absolute atomic E-state index is 11.3. The van der Waals surface area contributed by atoms with Crippen LogP contribution >= 0.6 is 0 Å². The molecule has 2 heterocycles. The number of hydrogen-bond donors (Lipinski definition) is 2. The minimum atomic E-state index is -3.69. The monoisotopic (exact) mass is 348 g/mol. The molecule has 2 aromatic heterocycles. The van der Waals surface area contributed by atoms with Crippen molar-refractivity contribution in [1.82, 2.24) is 19.7 Å². The van der Waals surface area contributed by atoms with E-state index in [2.05, 4.69) is 20.4 Å². The predicted molar refractivity (Wildman–Crippen MR) is 88.0 cm³/mol. The van der Waals surface area contributed by atoms with Gasteiger partial charge >= 0.3 is 6.01 Å². The third-order valence-corrected chi connectivity index (χ3v) is 4.40. The Hall–Kier alpha value is -2.72. The van der Waals surface area contributed by atoms with Gasteiger partial charge in [0.2, 0.25) is 10.0 Å². The van der Waals surface area contributed by atoms with Gasteiger partial charge in [-0.1, -0.05) is 12.1 Å². The van der Waals surface area contributed by atoms with Crippen LogP contribution in [0.2, 0.25) is 0 Å². The Balaban J connectivity index is 1.85. The van der Waals surface area contributed by atoms with Gasteiger partial charge in [0.25, 0.3) is 0 Å². The quantitative estimate of drug-likeness (QED) is 0.693. The number of aromatic nitrogens is 4. The zero-order valence-electron chi connectivity index (χ0n) is 13.1. The molecule has 0 saturated heterocycles. The highest BCUT2D eigenvalue weighted by molar-refractivity contribution is 7.89. The molecule has 0 aliphatic heterocycles. The first-order valence-corrected chi connectivity index (χ1v) is 8.52. The molecule has 1 aromatic carbocycles. The maximum atomic E-state index is 11.3. The zero-order valence-corrected chi connectivity index (χ0v) is 13.9. The van der Waals surface area contributed by atoms with Gasteiger partial charge in [-0.15, -0.1) is 0 Å². The minimum Gasteiger partial charge on any atom is -0.467 e. The Morgan fingerprint density at radius 1 is 1.25 bits per heavy atom. The number of benzene rings is 1. The molecule has 0 fully saturated rings. The summed E-state index contributed by atoms with van der Waals surface area (Å²) in [6, 6.07) is 6.54. The summed E-state index contributed by atoms with van der Waals surface area (Å²) < 4.78 is 29.3. The molecule has 0 radical (unpaired) electrons. The van der Waals surface area contributed by atoms with E-state index < -0.39 is 10.0 Å². The van der Waals surface area contributed by atoms with E-state index in [0.29, 0.717) is 18.0 Å². The Morgan fingerprint density at radius 2 is 1.96 bits per heavy atom. The van der Waals surface area contributed by atoms with E-state index in [4.69, 9.17) is 9.88 Å². The van der Waals surface area contributed by atoms with E-state index in [9.17, 15) is 8.42 Å². The van der Waals surface area contributed by atoms with Crippen LogP contribution < -0.4 is 15.2 Å². The highest BCUT2D eigenvalue weighted by Crippen LogP contribution is 2.22. The molecule has 0 aliphatic carbocycles. The number of methoxy groups -OCH3 is 1. The van der Waals surface area contributed by atoms with Gasteiger partial charge in [0.1, 0.15) is 5.82 Å². The molecule has 3 rings (SSSR count). The molecule has 0 saturated carbocycles. The Labute approximate surface area is 138 Å². The molecule has 9 nitrogen and oxygen atoms in total. The number of ether oxygens (including phenoxy) is 1. The molecule has 126 valence electrons. The van der Waals surface area contributed by atoms with Crippen LogP contribution in [0, 0.1) is 0 Å². The average Bonchev–Trinajstić information content (AvgIpc) is 2.93. The van der Waals surface area contributed by atoms with Crippen LogP contribution in [0.5, 0.6) is 6.01 Å². The Bertz CT molecular complexity index is 982. The van der Waals surface area contributed by atoms with Crippen LogP contribution in [0.25, 0.3) is 11.0 Å². The highest BCUT2D eigenvalue weighted by Gasteiger charge is 2.12. The molecule has 0 atom stereocenters. The number of primary sulfonamides is 1. The van der Waals surface area contributed by atoms with Crippen molar-refractivity contribution in [2.45, 2.75) is 11.4 Å². The van der Waals surface area contributed by atoms with Crippen molar-refractivity contribution in [3.63, 3.8) is 0 Å². The van der Waals surface area contributed by atoms with Crippen molar-refractivity contribution < 1.29 is 13.2 Å². The van der Waals surface area contributed by atoms with Crippen LogP contribution in [0.4, 0.5) is 5.82 Å². The van der Waals surface area contributed by atoms with E-state index in [1.807, 2.05) is 0 Å². The summed E-state index contributed by atoms with van der Waals surface area (Å²) in [7, 11) is -0.415. The minimum absolute atomic E-state index is 0.0737. The van der Waals surface area contributed by atoms with Crippen molar-refractivity contribution >= 4 is 26.9 Å². The first-order chi connectivity index (χ1) is 11.4. The van der Waals surface area contributed by atoms with E-state index >= 15 is 0 Å². The fourth-order valence-electron chi connectivity index (χ4n) is 2.21. The molecule has 0 spiro atoms. The average molecular weight is 348 g/mol. The van der Waals surface area contributed by atoms with Gasteiger partial charge < -0.3 is 10.1 Å². The van der Waals surface area contributed by atoms with Gasteiger partial charge in [0.15, 0.2) is 5.65 Å². The summed E-state index contributed by atoms with van der Waals surface area (Å²) in [5.41, 5.74) is 1.52. The number of nitrogens with two attached hydrogens (primary N) is 1. The number of nitrogens with one attached hydrogen (secondary N) is 1. The van der Waals surface area contributed by atoms with E-state index in [1.54, 1.807) is 30.1 Å². The highest BCUT2D eigenvalue weighted by atomic mass is 32.2. The van der Waals surface area contributed by atoms with Gasteiger partial charge in [-0.2, -0.15) is 15.1 Å². The van der Waals surface area contributed by atoms with Crippen molar-refractivity contribution in [2.24, 2.45) is 12.2 Å². The topological polar surface area (TPSA) is 125 Å². The molecule has 3 aromatic rings. The molecule has 0 amide bonds. The van der Waals surface area contributed by atoms with Crippen molar-refractivity contribution in [3.05, 3.63) is 36.0 Å². The lowest BCUT2D eigenvalue weighted by Crippen LogP contribution is -2.12. The number of nitrogens with zero attached hydrogens (tertiary/aromatic N) is 4. The summed E-state index contributed by atoms with van der Waals surface area (Å²) in [5.74, 6) is 0.584. The van der Waals surface area contributed by atoms with Gasteiger partial charge in [-0.3, -0.25) is 4.68 Å². The summed E-state index contributed by atoms with van der Waals surface area (Å²) in [6.45, 7) is 0.440. The van der Waals surface area contributed by atoms with Crippen molar-refractivity contribution in [2.75, 3.05) is 12.4 Å². The first kappa shape index (κ1) is 16.1. The predicted octanol–water partition coefficient (Wildman–Crippen LogP) is 0.631. The van der Waals surface area contributed by atoms with Gasteiger partial charge in [-0.25, -0.2) is 13.6 Å². The fourth-order valence-corrected chi connectivity index (χ4v) is 2.73. The van der Waals surface area contributed by atoms with Crippen LogP contribution in [0.3, 0.4) is 0 Å². The van der Waals surface area contributed by atoms with Gasteiger partial charge in [0, 0.05) is 13.6 Å². The van der Waals surface area contributed by atoms with E-state index in [0.717, 1.165) is 10.9 Å². The molecule has 24 heavy (non-hydrogen) atoms. The largest absolute Gasteiger partial charge is 0.467 e. The van der Waals surface area contributed by atoms with Crippen LogP contribution in [-0.2, 0) is 23.6 Å². The lowest BCUT2D eigenvalue weighted by molar-refractivity contribution is 0.381. The first-order valence-electron chi connectivity index (χ1n) is 6.98. The third-order valence-electron chi connectivity index (χ3n) is 3.47. The zero-order chi connectivity index (χ0) is 17.3. The number of rotatable bonds is 5. The number of fused-ring (bicyclic) bond motifs is 1. The van der Waals surface area contributed by atoms with Crippen molar-refractivity contribution in [3.8, 4) is 6.01 Å².